The summed E-state index contributed by atoms with van der Waals surface area (Å²) < 4.78 is 26.6. The molecule has 0 saturated carbocycles. The van der Waals surface area contributed by atoms with Gasteiger partial charge in [-0.3, -0.25) is 0 Å². The van der Waals surface area contributed by atoms with Crippen LogP contribution in [0.3, 0.4) is 0 Å². The minimum absolute atomic E-state index is 0.181. The summed E-state index contributed by atoms with van der Waals surface area (Å²) in [5, 5.41) is 3.07. The highest BCUT2D eigenvalue weighted by atomic mass is 19.1. The van der Waals surface area contributed by atoms with Gasteiger partial charge in [-0.25, -0.2) is 9.37 Å². The van der Waals surface area contributed by atoms with Gasteiger partial charge in [-0.05, 0) is 32.1 Å². The smallest absolute Gasteiger partial charge is 0.229 e. The van der Waals surface area contributed by atoms with Crippen LogP contribution in [-0.4, -0.2) is 47.7 Å². The SMILES string of the molecule is COc1cc(Nc2ncc(F)c(-n3cc(C)c(CN(C)C)c3)n2)cc(OC)c1. The Morgan fingerprint density at radius 2 is 1.79 bits per heavy atom. The van der Waals surface area contributed by atoms with Crippen molar-refractivity contribution in [2.45, 2.75) is 13.5 Å². The number of nitrogens with zero attached hydrogens (tertiary/aromatic N) is 4. The number of hydrogen-bond acceptors (Lipinski definition) is 6. The number of anilines is 2. The molecule has 7 nitrogen and oxygen atoms in total. The Hall–Kier alpha value is -3.13. The minimum Gasteiger partial charge on any atom is -0.497 e. The van der Waals surface area contributed by atoms with Gasteiger partial charge >= 0.3 is 0 Å². The second-order valence-electron chi connectivity index (χ2n) is 6.70. The maximum absolute atomic E-state index is 14.4. The highest BCUT2D eigenvalue weighted by Gasteiger charge is 2.13. The fourth-order valence-electron chi connectivity index (χ4n) is 2.84. The summed E-state index contributed by atoms with van der Waals surface area (Å²) in [6, 6.07) is 5.32. The third-order valence-corrected chi connectivity index (χ3v) is 4.20. The highest BCUT2D eigenvalue weighted by molar-refractivity contribution is 5.59. The summed E-state index contributed by atoms with van der Waals surface area (Å²) in [7, 11) is 7.13. The molecule has 3 aromatic rings. The largest absolute Gasteiger partial charge is 0.497 e. The van der Waals surface area contributed by atoms with E-state index < -0.39 is 5.82 Å². The first-order valence-corrected chi connectivity index (χ1v) is 8.75. The Morgan fingerprint density at radius 1 is 1.11 bits per heavy atom. The first-order chi connectivity index (χ1) is 13.4. The number of aromatic nitrogens is 3. The molecule has 0 aliphatic rings. The first-order valence-electron chi connectivity index (χ1n) is 8.75. The molecule has 1 N–H and O–H groups in total. The number of halogens is 1. The lowest BCUT2D eigenvalue weighted by atomic mass is 10.2. The maximum Gasteiger partial charge on any atom is 0.229 e. The van der Waals surface area contributed by atoms with Gasteiger partial charge in [0.2, 0.25) is 5.95 Å². The standard InChI is InChI=1S/C20H24FN5O2/c1-13-10-26(12-14(13)11-25(2)3)19-18(21)9-22-20(24-19)23-15-6-16(27-4)8-17(7-15)28-5/h6-10,12H,11H2,1-5H3,(H,22,23,24). The van der Waals surface area contributed by atoms with Crippen LogP contribution >= 0.6 is 0 Å². The number of benzene rings is 1. The predicted molar refractivity (Wildman–Crippen MR) is 106 cm³/mol. The van der Waals surface area contributed by atoms with Gasteiger partial charge in [-0.1, -0.05) is 0 Å². The Kier molecular flexibility index (Phi) is 5.79. The molecule has 0 spiro atoms. The first kappa shape index (κ1) is 19.6. The van der Waals surface area contributed by atoms with E-state index in [-0.39, 0.29) is 11.8 Å². The number of ether oxygens (including phenoxy) is 2. The highest BCUT2D eigenvalue weighted by Crippen LogP contribution is 2.27. The summed E-state index contributed by atoms with van der Waals surface area (Å²) in [5.41, 5.74) is 2.85. The monoisotopic (exact) mass is 385 g/mol. The van der Waals surface area contributed by atoms with Crippen LogP contribution < -0.4 is 14.8 Å². The molecule has 1 aromatic carbocycles. The third-order valence-electron chi connectivity index (χ3n) is 4.20. The van der Waals surface area contributed by atoms with E-state index in [0.717, 1.165) is 23.9 Å². The van der Waals surface area contributed by atoms with Crippen molar-refractivity contribution < 1.29 is 13.9 Å². The van der Waals surface area contributed by atoms with Gasteiger partial charge in [-0.15, -0.1) is 0 Å². The van der Waals surface area contributed by atoms with Crippen LogP contribution in [-0.2, 0) is 6.54 Å². The van der Waals surface area contributed by atoms with Gasteiger partial charge in [0.15, 0.2) is 11.6 Å². The maximum atomic E-state index is 14.4. The molecule has 0 bridgehead atoms. The molecule has 0 radical (unpaired) electrons. The van der Waals surface area contributed by atoms with E-state index in [9.17, 15) is 4.39 Å². The van der Waals surface area contributed by atoms with Crippen molar-refractivity contribution in [2.24, 2.45) is 0 Å². The van der Waals surface area contributed by atoms with Gasteiger partial charge in [0.25, 0.3) is 0 Å². The van der Waals surface area contributed by atoms with Crippen LogP contribution in [0.2, 0.25) is 0 Å². The molecular formula is C20H24FN5O2. The second-order valence-corrected chi connectivity index (χ2v) is 6.70. The molecule has 2 heterocycles. The second kappa shape index (κ2) is 8.26. The predicted octanol–water partition coefficient (Wildman–Crippen LogP) is 3.54. The van der Waals surface area contributed by atoms with Crippen molar-refractivity contribution in [3.63, 3.8) is 0 Å². The Balaban J connectivity index is 1.92. The van der Waals surface area contributed by atoms with E-state index in [1.807, 2.05) is 33.4 Å². The van der Waals surface area contributed by atoms with E-state index in [2.05, 4.69) is 20.2 Å². The summed E-state index contributed by atoms with van der Waals surface area (Å²) in [5.74, 6) is 1.20. The topological polar surface area (TPSA) is 64.4 Å². The lowest BCUT2D eigenvalue weighted by Crippen LogP contribution is -2.10. The van der Waals surface area contributed by atoms with Crippen molar-refractivity contribution in [3.05, 3.63) is 53.7 Å². The van der Waals surface area contributed by atoms with E-state index in [0.29, 0.717) is 17.2 Å². The molecule has 3 rings (SSSR count). The molecular weight excluding hydrogens is 361 g/mol. The van der Waals surface area contributed by atoms with Crippen LogP contribution in [0.5, 0.6) is 11.5 Å². The third kappa shape index (κ3) is 4.40. The van der Waals surface area contributed by atoms with Crippen molar-refractivity contribution >= 4 is 11.6 Å². The molecule has 148 valence electrons. The molecule has 0 atom stereocenters. The molecule has 2 aromatic heterocycles. The zero-order valence-corrected chi connectivity index (χ0v) is 16.7. The summed E-state index contributed by atoms with van der Waals surface area (Å²) >= 11 is 0. The minimum atomic E-state index is -0.500. The van der Waals surface area contributed by atoms with Crippen LogP contribution in [0.4, 0.5) is 16.0 Å². The van der Waals surface area contributed by atoms with Crippen molar-refractivity contribution in [3.8, 4) is 17.3 Å². The van der Waals surface area contributed by atoms with Crippen LogP contribution in [0.15, 0.2) is 36.8 Å². The Morgan fingerprint density at radius 3 is 2.39 bits per heavy atom. The molecule has 8 heteroatoms. The van der Waals surface area contributed by atoms with Gasteiger partial charge in [0.05, 0.1) is 20.4 Å². The normalized spacial score (nSPS) is 11.0. The van der Waals surface area contributed by atoms with Gasteiger partial charge in [0.1, 0.15) is 11.5 Å². The zero-order valence-electron chi connectivity index (χ0n) is 16.7. The van der Waals surface area contributed by atoms with E-state index in [1.54, 1.807) is 37.0 Å². The van der Waals surface area contributed by atoms with Crippen molar-refractivity contribution in [1.82, 2.24) is 19.4 Å². The summed E-state index contributed by atoms with van der Waals surface area (Å²) in [6.45, 7) is 2.76. The molecule has 0 saturated heterocycles. The lowest BCUT2D eigenvalue weighted by molar-refractivity contribution is 0.395. The van der Waals surface area contributed by atoms with Gasteiger partial charge in [-0.2, -0.15) is 4.98 Å². The van der Waals surface area contributed by atoms with Gasteiger partial charge in [0, 0.05) is 42.8 Å². The van der Waals surface area contributed by atoms with Gasteiger partial charge < -0.3 is 24.3 Å². The fraction of sp³-hybridized carbons (Fsp3) is 0.300. The quantitative estimate of drug-likeness (QED) is 0.671. The average Bonchev–Trinajstić information content (AvgIpc) is 3.02. The number of rotatable bonds is 7. The molecule has 0 amide bonds. The molecule has 0 fully saturated rings. The lowest BCUT2D eigenvalue weighted by Gasteiger charge is -2.11. The number of nitrogens with one attached hydrogen (secondary N) is 1. The summed E-state index contributed by atoms with van der Waals surface area (Å²) in [6.07, 6.45) is 4.91. The summed E-state index contributed by atoms with van der Waals surface area (Å²) in [4.78, 5) is 10.5. The van der Waals surface area contributed by atoms with Crippen molar-refractivity contribution in [1.29, 1.82) is 0 Å². The average molecular weight is 385 g/mol. The number of aryl methyl sites for hydroxylation is 1. The number of hydrogen-bond donors (Lipinski definition) is 1. The molecule has 0 unspecified atom stereocenters. The van der Waals surface area contributed by atoms with E-state index in [1.165, 1.54) is 0 Å². The van der Waals surface area contributed by atoms with Crippen molar-refractivity contribution in [2.75, 3.05) is 33.6 Å². The zero-order chi connectivity index (χ0) is 20.3. The van der Waals surface area contributed by atoms with Crippen LogP contribution in [0.1, 0.15) is 11.1 Å². The Labute approximate surface area is 163 Å². The van der Waals surface area contributed by atoms with Crippen LogP contribution in [0, 0.1) is 12.7 Å². The van der Waals surface area contributed by atoms with Crippen LogP contribution in [0.25, 0.3) is 5.82 Å². The molecule has 0 aliphatic heterocycles. The molecule has 28 heavy (non-hydrogen) atoms. The number of methoxy groups -OCH3 is 2. The van der Waals surface area contributed by atoms with E-state index >= 15 is 0 Å². The molecule has 0 aliphatic carbocycles. The Bertz CT molecular complexity index is 949. The van der Waals surface area contributed by atoms with E-state index in [4.69, 9.17) is 9.47 Å². The fourth-order valence-corrected chi connectivity index (χ4v) is 2.84.